The molecule has 9 heteroatoms. The fraction of sp³-hybridized carbons (Fsp3) is 0.900. The van der Waals surface area contributed by atoms with Crippen molar-refractivity contribution in [2.24, 2.45) is 0 Å². The van der Waals surface area contributed by atoms with E-state index in [1.165, 1.54) is 0 Å². The fourth-order valence-electron chi connectivity index (χ4n) is 2.13. The van der Waals surface area contributed by atoms with E-state index in [0.717, 1.165) is 0 Å². The largest absolute Gasteiger partial charge is 0.459 e. The third-order valence-electron chi connectivity index (χ3n) is 3.08. The van der Waals surface area contributed by atoms with E-state index in [-0.39, 0.29) is 19.7 Å². The summed E-state index contributed by atoms with van der Waals surface area (Å²) in [5.41, 5.74) is -1.19. The van der Waals surface area contributed by atoms with Crippen molar-refractivity contribution in [3.8, 4) is 0 Å². The molecule has 0 atom stereocenters. The van der Waals surface area contributed by atoms with Crippen LogP contribution in [-0.4, -0.2) is 99.0 Å². The van der Waals surface area contributed by atoms with E-state index in [9.17, 15) is 9.59 Å². The van der Waals surface area contributed by atoms with Crippen molar-refractivity contribution in [2.45, 2.75) is 52.7 Å². The summed E-state index contributed by atoms with van der Waals surface area (Å²) in [5.74, 6) is -0.820. The third kappa shape index (κ3) is 19.8. The predicted molar refractivity (Wildman–Crippen MR) is 108 cm³/mol. The average Bonchev–Trinajstić information content (AvgIpc) is 2.52. The Morgan fingerprint density at radius 1 is 0.690 bits per heavy atom. The fourth-order valence-corrected chi connectivity index (χ4v) is 2.13. The van der Waals surface area contributed by atoms with Crippen LogP contribution in [0.3, 0.4) is 0 Å². The summed E-state index contributed by atoms with van der Waals surface area (Å²) in [5, 5.41) is 8.58. The van der Waals surface area contributed by atoms with Gasteiger partial charge < -0.3 is 28.8 Å². The molecule has 1 N–H and O–H groups in total. The van der Waals surface area contributed by atoms with Gasteiger partial charge in [0.1, 0.15) is 11.2 Å². The predicted octanol–water partition coefficient (Wildman–Crippen LogP) is 1.01. The summed E-state index contributed by atoms with van der Waals surface area (Å²) in [6, 6.07) is 0. The highest BCUT2D eigenvalue weighted by Gasteiger charge is 2.23. The maximum Gasteiger partial charge on any atom is 0.320 e. The van der Waals surface area contributed by atoms with Gasteiger partial charge in [-0.15, -0.1) is 0 Å². The lowest BCUT2D eigenvalue weighted by Gasteiger charge is -2.26. The maximum atomic E-state index is 12.1. The normalized spacial score (nSPS) is 12.3. The molecule has 0 rings (SSSR count). The van der Waals surface area contributed by atoms with Crippen molar-refractivity contribution in [3.63, 3.8) is 0 Å². The van der Waals surface area contributed by atoms with Gasteiger partial charge in [-0.25, -0.2) is 0 Å². The van der Waals surface area contributed by atoms with Crippen molar-refractivity contribution < 1.29 is 38.4 Å². The Morgan fingerprint density at radius 3 is 1.45 bits per heavy atom. The minimum Gasteiger partial charge on any atom is -0.459 e. The first-order valence-electron chi connectivity index (χ1n) is 9.93. The molecule has 172 valence electrons. The molecule has 29 heavy (non-hydrogen) atoms. The van der Waals surface area contributed by atoms with Crippen LogP contribution in [0.15, 0.2) is 0 Å². The van der Waals surface area contributed by atoms with Crippen LogP contribution in [0.25, 0.3) is 0 Å². The number of aliphatic hydroxyl groups is 1. The number of nitrogens with zero attached hydrogens (tertiary/aromatic N) is 1. The highest BCUT2D eigenvalue weighted by Crippen LogP contribution is 2.09. The highest BCUT2D eigenvalue weighted by atomic mass is 16.6. The molecule has 0 aromatic heterocycles. The van der Waals surface area contributed by atoms with Gasteiger partial charge in [0, 0.05) is 6.54 Å². The van der Waals surface area contributed by atoms with Gasteiger partial charge in [0.25, 0.3) is 0 Å². The smallest absolute Gasteiger partial charge is 0.320 e. The quantitative estimate of drug-likeness (QED) is 0.306. The second-order valence-electron chi connectivity index (χ2n) is 8.44. The van der Waals surface area contributed by atoms with Crippen LogP contribution < -0.4 is 0 Å². The van der Waals surface area contributed by atoms with E-state index in [4.69, 9.17) is 28.8 Å². The summed E-state index contributed by atoms with van der Waals surface area (Å²) in [6.45, 7) is 13.3. The van der Waals surface area contributed by atoms with Crippen molar-refractivity contribution >= 4 is 11.9 Å². The summed E-state index contributed by atoms with van der Waals surface area (Å²) < 4.78 is 26.6. The Morgan fingerprint density at radius 2 is 1.07 bits per heavy atom. The second-order valence-corrected chi connectivity index (χ2v) is 8.44. The van der Waals surface area contributed by atoms with Gasteiger partial charge in [0.05, 0.1) is 59.3 Å². The van der Waals surface area contributed by atoms with E-state index in [1.807, 2.05) is 0 Å². The molecule has 0 aliphatic rings. The zero-order valence-corrected chi connectivity index (χ0v) is 18.8. The maximum absolute atomic E-state index is 12.1. The molecule has 0 heterocycles. The molecule has 0 saturated heterocycles. The zero-order valence-electron chi connectivity index (χ0n) is 18.8. The first-order valence-corrected chi connectivity index (χ1v) is 9.93. The lowest BCUT2D eigenvalue weighted by atomic mass is 10.2. The van der Waals surface area contributed by atoms with Crippen LogP contribution in [0.2, 0.25) is 0 Å². The van der Waals surface area contributed by atoms with Gasteiger partial charge in [-0.3, -0.25) is 14.5 Å². The van der Waals surface area contributed by atoms with Crippen molar-refractivity contribution in [3.05, 3.63) is 0 Å². The zero-order chi connectivity index (χ0) is 22.3. The lowest BCUT2D eigenvalue weighted by Crippen LogP contribution is -2.41. The van der Waals surface area contributed by atoms with Crippen LogP contribution in [-0.2, 0) is 33.3 Å². The van der Waals surface area contributed by atoms with E-state index in [1.54, 1.807) is 46.4 Å². The van der Waals surface area contributed by atoms with Crippen molar-refractivity contribution in [1.29, 1.82) is 0 Å². The Hall–Kier alpha value is -1.26. The van der Waals surface area contributed by atoms with Gasteiger partial charge in [0.15, 0.2) is 0 Å². The minimum absolute atomic E-state index is 0.00774. The van der Waals surface area contributed by atoms with Gasteiger partial charge in [0.2, 0.25) is 0 Å². The first-order chi connectivity index (χ1) is 13.4. The van der Waals surface area contributed by atoms with E-state index < -0.39 is 23.1 Å². The standard InChI is InChI=1S/C20H39NO8/c1-19(2,3)28-17(23)15-21(16-18(24)29-20(4,5)6)7-9-25-11-13-27-14-12-26-10-8-22/h22H,7-16H2,1-6H3. The Labute approximate surface area is 174 Å². The number of carbonyl (C=O) groups is 2. The molecular weight excluding hydrogens is 382 g/mol. The molecule has 0 aromatic rings. The Bertz CT molecular complexity index is 426. The van der Waals surface area contributed by atoms with Crippen molar-refractivity contribution in [1.82, 2.24) is 4.90 Å². The Balaban J connectivity index is 4.27. The molecule has 0 spiro atoms. The molecular formula is C20H39NO8. The highest BCUT2D eigenvalue weighted by molar-refractivity contribution is 5.75. The van der Waals surface area contributed by atoms with Crippen LogP contribution in [0.4, 0.5) is 0 Å². The molecule has 0 aliphatic heterocycles. The number of esters is 2. The average molecular weight is 422 g/mol. The number of rotatable bonds is 15. The SMILES string of the molecule is CC(C)(C)OC(=O)CN(CCOCCOCCOCCO)CC(=O)OC(C)(C)C. The van der Waals surface area contributed by atoms with Crippen LogP contribution in [0, 0.1) is 0 Å². The molecule has 0 aromatic carbocycles. The summed E-state index contributed by atoms with van der Waals surface area (Å²) in [4.78, 5) is 25.9. The third-order valence-corrected chi connectivity index (χ3v) is 3.08. The molecule has 0 unspecified atom stereocenters. The monoisotopic (exact) mass is 421 g/mol. The number of hydrogen-bond donors (Lipinski definition) is 1. The lowest BCUT2D eigenvalue weighted by molar-refractivity contribution is -0.160. The summed E-state index contributed by atoms with van der Waals surface area (Å²) in [7, 11) is 0. The second kappa shape index (κ2) is 14.7. The van der Waals surface area contributed by atoms with E-state index in [2.05, 4.69) is 0 Å². The summed E-state index contributed by atoms with van der Waals surface area (Å²) >= 11 is 0. The molecule has 0 aliphatic carbocycles. The van der Waals surface area contributed by atoms with Crippen LogP contribution in [0.5, 0.6) is 0 Å². The topological polar surface area (TPSA) is 104 Å². The summed E-state index contributed by atoms with van der Waals surface area (Å²) in [6.07, 6.45) is 0. The number of aliphatic hydroxyl groups excluding tert-OH is 1. The number of hydrogen-bond acceptors (Lipinski definition) is 9. The minimum atomic E-state index is -0.594. The Kier molecular flexibility index (Phi) is 14.0. The molecule has 0 bridgehead atoms. The van der Waals surface area contributed by atoms with Gasteiger partial charge in [-0.05, 0) is 41.5 Å². The molecule has 9 nitrogen and oxygen atoms in total. The van der Waals surface area contributed by atoms with Gasteiger partial charge in [-0.1, -0.05) is 0 Å². The molecule has 0 amide bonds. The van der Waals surface area contributed by atoms with Gasteiger partial charge in [-0.2, -0.15) is 0 Å². The van der Waals surface area contributed by atoms with Crippen molar-refractivity contribution in [2.75, 3.05) is 65.9 Å². The van der Waals surface area contributed by atoms with Gasteiger partial charge >= 0.3 is 11.9 Å². The van der Waals surface area contributed by atoms with E-state index >= 15 is 0 Å². The number of carbonyl (C=O) groups excluding carboxylic acids is 2. The molecule has 0 radical (unpaired) electrons. The molecule has 0 fully saturated rings. The number of ether oxygens (including phenoxy) is 5. The van der Waals surface area contributed by atoms with Crippen LogP contribution >= 0.6 is 0 Å². The first kappa shape index (κ1) is 27.7. The molecule has 0 saturated carbocycles. The van der Waals surface area contributed by atoms with E-state index in [0.29, 0.717) is 46.2 Å². The van der Waals surface area contributed by atoms with Crippen LogP contribution in [0.1, 0.15) is 41.5 Å².